The van der Waals surface area contributed by atoms with Gasteiger partial charge in [-0.1, -0.05) is 43.5 Å². The van der Waals surface area contributed by atoms with Crippen molar-refractivity contribution < 1.29 is 31.4 Å². The van der Waals surface area contributed by atoms with E-state index in [9.17, 15) is 17.6 Å². The molecule has 2 aromatic carbocycles. The molecular formula is C37H39F5N6O2. The van der Waals surface area contributed by atoms with Gasteiger partial charge in [0.05, 0.1) is 29.4 Å². The minimum absolute atomic E-state index is 0.0288. The number of nitrogens with one attached hydrogen (secondary N) is 1. The van der Waals surface area contributed by atoms with Gasteiger partial charge in [0.2, 0.25) is 0 Å². The van der Waals surface area contributed by atoms with Crippen LogP contribution in [0.25, 0.3) is 32.9 Å². The van der Waals surface area contributed by atoms with Crippen LogP contribution in [-0.4, -0.2) is 84.7 Å². The van der Waals surface area contributed by atoms with Crippen LogP contribution in [-0.2, 0) is 11.2 Å². The molecule has 0 spiro atoms. The molecule has 50 heavy (non-hydrogen) atoms. The molecule has 0 atom stereocenters. The molecule has 0 unspecified atom stereocenters. The number of halogens is 5. The zero-order valence-corrected chi connectivity index (χ0v) is 27.9. The van der Waals surface area contributed by atoms with Gasteiger partial charge < -0.3 is 19.9 Å². The highest BCUT2D eigenvalue weighted by Crippen LogP contribution is 2.47. The third-order valence-electron chi connectivity index (χ3n) is 9.98. The number of nitrogens with zero attached hydrogens (tertiary/aromatic N) is 5. The van der Waals surface area contributed by atoms with Crippen LogP contribution in [0.2, 0.25) is 0 Å². The van der Waals surface area contributed by atoms with Crippen molar-refractivity contribution >= 4 is 27.5 Å². The lowest BCUT2D eigenvalue weighted by Crippen LogP contribution is -2.44. The van der Waals surface area contributed by atoms with E-state index in [1.807, 2.05) is 6.92 Å². The molecule has 0 radical (unpaired) electrons. The number of aryl methyl sites for hydroxylation is 1. The number of benzene rings is 2. The molecule has 4 aromatic rings. The van der Waals surface area contributed by atoms with E-state index in [0.717, 1.165) is 32.4 Å². The van der Waals surface area contributed by atoms with Gasteiger partial charge in [-0.05, 0) is 43.6 Å². The standard InChI is InChI=1S/C37H39F5N6O2/c1-3-6-28-30-33(31(39)32(44-28)26-8-5-7-23-9-10-27(38)25(4-2)29(23)26)45-35(46-34(30)48-19-15-43-16-20-48)49-22-36(13-14-36)21-47-17-11-24(12-18-47)50-37(40,41)42/h2,5,7-10,24,43H,3,6,11-22H2,1H3. The largest absolute Gasteiger partial charge is 0.522 e. The number of anilines is 1. The topological polar surface area (TPSA) is 75.6 Å². The van der Waals surface area contributed by atoms with Gasteiger partial charge >= 0.3 is 12.4 Å². The quantitative estimate of drug-likeness (QED) is 0.147. The van der Waals surface area contributed by atoms with E-state index in [-0.39, 0.29) is 34.8 Å². The van der Waals surface area contributed by atoms with Crippen molar-refractivity contribution in [1.29, 1.82) is 0 Å². The summed E-state index contributed by atoms with van der Waals surface area (Å²) < 4.78 is 80.6. The van der Waals surface area contributed by atoms with Crippen LogP contribution in [0, 0.1) is 29.4 Å². The van der Waals surface area contributed by atoms with Gasteiger partial charge in [-0.2, -0.15) is 9.97 Å². The Morgan fingerprint density at radius 1 is 1.00 bits per heavy atom. The van der Waals surface area contributed by atoms with Gasteiger partial charge in [0, 0.05) is 62.2 Å². The fraction of sp³-hybridized carbons (Fsp3) is 0.486. The predicted molar refractivity (Wildman–Crippen MR) is 181 cm³/mol. The number of aromatic nitrogens is 3. The third-order valence-corrected chi connectivity index (χ3v) is 9.98. The number of terminal acetylenes is 1. The summed E-state index contributed by atoms with van der Waals surface area (Å²) in [5, 5.41) is 4.94. The van der Waals surface area contributed by atoms with E-state index in [4.69, 9.17) is 21.1 Å². The number of rotatable bonds is 10. The van der Waals surface area contributed by atoms with Crippen molar-refractivity contribution in [3.8, 4) is 29.6 Å². The van der Waals surface area contributed by atoms with Crippen LogP contribution in [0.5, 0.6) is 6.01 Å². The van der Waals surface area contributed by atoms with E-state index in [0.29, 0.717) is 85.2 Å². The lowest BCUT2D eigenvalue weighted by atomic mass is 9.95. The molecule has 2 saturated heterocycles. The SMILES string of the molecule is C#Cc1c(F)ccc2cccc(-c3nc(CCC)c4c(N5CCNCC5)nc(OCC5(CN6CCC(OC(F)(F)F)CC6)CC5)nc4c3F)c12. The molecule has 13 heteroatoms. The third kappa shape index (κ3) is 7.06. The monoisotopic (exact) mass is 694 g/mol. The number of piperidine rings is 1. The summed E-state index contributed by atoms with van der Waals surface area (Å²) in [7, 11) is 0. The number of ether oxygens (including phenoxy) is 2. The Hall–Kier alpha value is -4.12. The van der Waals surface area contributed by atoms with Gasteiger partial charge in [-0.15, -0.1) is 19.6 Å². The predicted octanol–water partition coefficient (Wildman–Crippen LogP) is 6.63. The highest BCUT2D eigenvalue weighted by atomic mass is 19.4. The Labute approximate surface area is 287 Å². The summed E-state index contributed by atoms with van der Waals surface area (Å²) in [6.45, 7) is 6.72. The normalized spacial score (nSPS) is 18.5. The van der Waals surface area contributed by atoms with Crippen molar-refractivity contribution in [1.82, 2.24) is 25.2 Å². The first-order valence-electron chi connectivity index (χ1n) is 17.2. The maximum absolute atomic E-state index is 17.0. The molecule has 1 N–H and O–H groups in total. The number of piperazine rings is 1. The number of likely N-dealkylation sites (tertiary alicyclic amines) is 1. The van der Waals surface area contributed by atoms with E-state index < -0.39 is 24.1 Å². The fourth-order valence-electron chi connectivity index (χ4n) is 7.26. The number of pyridine rings is 1. The summed E-state index contributed by atoms with van der Waals surface area (Å²) >= 11 is 0. The molecule has 1 aliphatic carbocycles. The minimum atomic E-state index is -4.63. The van der Waals surface area contributed by atoms with Gasteiger partial charge in [-0.25, -0.2) is 13.8 Å². The first kappa shape index (κ1) is 34.3. The number of alkyl halides is 3. The van der Waals surface area contributed by atoms with Crippen LogP contribution in [0.3, 0.4) is 0 Å². The molecule has 0 bridgehead atoms. The molecular weight excluding hydrogens is 655 g/mol. The molecule has 2 aliphatic heterocycles. The highest BCUT2D eigenvalue weighted by molar-refractivity contribution is 6.02. The zero-order valence-electron chi connectivity index (χ0n) is 27.9. The summed E-state index contributed by atoms with van der Waals surface area (Å²) in [6, 6.07) is 8.23. The highest BCUT2D eigenvalue weighted by Gasteiger charge is 2.46. The van der Waals surface area contributed by atoms with Gasteiger partial charge in [0.15, 0.2) is 5.82 Å². The summed E-state index contributed by atoms with van der Waals surface area (Å²) in [5.74, 6) is 1.75. The lowest BCUT2D eigenvalue weighted by Gasteiger charge is -2.34. The molecule has 3 aliphatic rings. The molecule has 0 amide bonds. The van der Waals surface area contributed by atoms with Crippen LogP contribution in [0.1, 0.15) is 50.3 Å². The van der Waals surface area contributed by atoms with Crippen LogP contribution >= 0.6 is 0 Å². The summed E-state index contributed by atoms with van der Waals surface area (Å²) in [5.41, 5.74) is 0.949. The molecule has 4 heterocycles. The molecule has 2 aromatic heterocycles. The summed E-state index contributed by atoms with van der Waals surface area (Å²) in [6.07, 6.45) is 3.94. The van der Waals surface area contributed by atoms with Crippen LogP contribution < -0.4 is 15.0 Å². The van der Waals surface area contributed by atoms with E-state index in [2.05, 4.69) is 30.8 Å². The Bertz CT molecular complexity index is 1930. The average Bonchev–Trinajstić information content (AvgIpc) is 3.88. The second-order valence-corrected chi connectivity index (χ2v) is 13.6. The summed E-state index contributed by atoms with van der Waals surface area (Å²) in [4.78, 5) is 18.7. The molecule has 3 fully saturated rings. The molecule has 8 nitrogen and oxygen atoms in total. The van der Waals surface area contributed by atoms with Crippen molar-refractivity contribution in [3.63, 3.8) is 0 Å². The number of fused-ring (bicyclic) bond motifs is 2. The number of hydrogen-bond donors (Lipinski definition) is 1. The van der Waals surface area contributed by atoms with Gasteiger partial charge in [0.25, 0.3) is 0 Å². The Balaban J connectivity index is 1.25. The van der Waals surface area contributed by atoms with Gasteiger partial charge in [0.1, 0.15) is 22.8 Å². The fourth-order valence-corrected chi connectivity index (χ4v) is 7.26. The molecule has 1 saturated carbocycles. The van der Waals surface area contributed by atoms with Crippen molar-refractivity contribution in [3.05, 3.63) is 53.2 Å². The smallest absolute Gasteiger partial charge is 0.463 e. The van der Waals surface area contributed by atoms with Crippen molar-refractivity contribution in [2.24, 2.45) is 5.41 Å². The maximum Gasteiger partial charge on any atom is 0.522 e. The van der Waals surface area contributed by atoms with Crippen molar-refractivity contribution in [2.45, 2.75) is 57.9 Å². The Kier molecular flexibility index (Phi) is 9.54. The maximum atomic E-state index is 17.0. The van der Waals surface area contributed by atoms with Crippen LogP contribution in [0.15, 0.2) is 30.3 Å². The average molecular weight is 695 g/mol. The minimum Gasteiger partial charge on any atom is -0.463 e. The van der Waals surface area contributed by atoms with E-state index in [1.165, 1.54) is 6.07 Å². The Morgan fingerprint density at radius 2 is 1.76 bits per heavy atom. The second kappa shape index (κ2) is 13.9. The van der Waals surface area contributed by atoms with Crippen LogP contribution in [0.4, 0.5) is 27.8 Å². The Morgan fingerprint density at radius 3 is 2.44 bits per heavy atom. The first-order chi connectivity index (χ1) is 24.1. The molecule has 264 valence electrons. The van der Waals surface area contributed by atoms with E-state index in [1.54, 1.807) is 24.3 Å². The van der Waals surface area contributed by atoms with Gasteiger partial charge in [-0.3, -0.25) is 4.74 Å². The molecule has 7 rings (SSSR count). The first-order valence-corrected chi connectivity index (χ1v) is 17.2. The van der Waals surface area contributed by atoms with Crippen molar-refractivity contribution in [2.75, 3.05) is 57.3 Å². The number of hydrogen-bond acceptors (Lipinski definition) is 8. The zero-order chi connectivity index (χ0) is 35.0. The second-order valence-electron chi connectivity index (χ2n) is 13.6. The van der Waals surface area contributed by atoms with E-state index >= 15 is 4.39 Å². The lowest BCUT2D eigenvalue weighted by molar-refractivity contribution is -0.345.